The lowest BCUT2D eigenvalue weighted by molar-refractivity contribution is 1.08. The summed E-state index contributed by atoms with van der Waals surface area (Å²) in [5.74, 6) is 0. The maximum atomic E-state index is 5.70. The van der Waals surface area contributed by atoms with Crippen LogP contribution in [0.15, 0.2) is 17.3 Å². The number of aromatic nitrogens is 3. The van der Waals surface area contributed by atoms with Gasteiger partial charge in [-0.1, -0.05) is 23.4 Å². The van der Waals surface area contributed by atoms with Crippen molar-refractivity contribution in [2.24, 2.45) is 0 Å². The van der Waals surface area contributed by atoms with Crippen LogP contribution in [0.5, 0.6) is 0 Å². The van der Waals surface area contributed by atoms with Gasteiger partial charge >= 0.3 is 0 Å². The molecular weight excluding hydrogens is 194 g/mol. The Balaban J connectivity index is 2.67. The first-order chi connectivity index (χ1) is 5.79. The van der Waals surface area contributed by atoms with E-state index < -0.39 is 0 Å². The number of aromatic amines is 1. The summed E-state index contributed by atoms with van der Waals surface area (Å²) in [5, 5.41) is 1.33. The molecule has 2 aromatic rings. The van der Waals surface area contributed by atoms with Gasteiger partial charge in [-0.05, 0) is 18.4 Å². The summed E-state index contributed by atoms with van der Waals surface area (Å²) in [7, 11) is 0. The van der Waals surface area contributed by atoms with Crippen LogP contribution in [0.1, 0.15) is 0 Å². The first-order valence-electron chi connectivity index (χ1n) is 3.36. The van der Waals surface area contributed by atoms with E-state index in [1.807, 2.05) is 12.3 Å². The van der Waals surface area contributed by atoms with E-state index in [9.17, 15) is 0 Å². The van der Waals surface area contributed by atoms with Crippen molar-refractivity contribution in [3.63, 3.8) is 0 Å². The van der Waals surface area contributed by atoms with Crippen molar-refractivity contribution in [2.75, 3.05) is 6.26 Å². The van der Waals surface area contributed by atoms with Gasteiger partial charge < -0.3 is 4.98 Å². The maximum Gasteiger partial charge on any atom is 0.180 e. The predicted molar refractivity (Wildman–Crippen MR) is 50.7 cm³/mol. The third-order valence-corrected chi connectivity index (χ3v) is 2.27. The maximum absolute atomic E-state index is 5.70. The van der Waals surface area contributed by atoms with Crippen molar-refractivity contribution < 1.29 is 0 Å². The molecule has 0 radical (unpaired) electrons. The molecule has 1 N–H and O–H groups in total. The third-order valence-electron chi connectivity index (χ3n) is 1.48. The van der Waals surface area contributed by atoms with Gasteiger partial charge in [0.05, 0.1) is 5.52 Å². The van der Waals surface area contributed by atoms with Gasteiger partial charge in [0.15, 0.2) is 10.8 Å². The number of hydrogen-bond acceptors (Lipinski definition) is 3. The van der Waals surface area contributed by atoms with Crippen LogP contribution in [0.4, 0.5) is 0 Å². The van der Waals surface area contributed by atoms with Crippen LogP contribution in [-0.2, 0) is 0 Å². The largest absolute Gasteiger partial charge is 0.332 e. The number of nitrogens with zero attached hydrogens (tertiary/aromatic N) is 2. The number of halogens is 1. The Kier molecular flexibility index (Phi) is 1.94. The summed E-state index contributed by atoms with van der Waals surface area (Å²) in [5.41, 5.74) is 1.59. The molecule has 0 unspecified atom stereocenters. The normalized spacial score (nSPS) is 10.8. The zero-order valence-electron chi connectivity index (χ0n) is 6.34. The Hall–Kier alpha value is -0.740. The van der Waals surface area contributed by atoms with Crippen LogP contribution in [-0.4, -0.2) is 21.2 Å². The van der Waals surface area contributed by atoms with Crippen LogP contribution in [0.25, 0.3) is 11.2 Å². The SMILES string of the molecule is CSc1nc2nc(Cl)ccc2[nH]1. The topological polar surface area (TPSA) is 41.6 Å². The molecule has 2 aromatic heterocycles. The van der Waals surface area contributed by atoms with E-state index >= 15 is 0 Å². The molecule has 0 aliphatic heterocycles. The second kappa shape index (κ2) is 2.95. The lowest BCUT2D eigenvalue weighted by Crippen LogP contribution is -1.75. The molecule has 0 spiro atoms. The van der Waals surface area contributed by atoms with E-state index in [1.165, 1.54) is 0 Å². The van der Waals surface area contributed by atoms with Crippen molar-refractivity contribution in [3.8, 4) is 0 Å². The molecule has 2 heterocycles. The number of pyridine rings is 1. The van der Waals surface area contributed by atoms with Crippen molar-refractivity contribution in [3.05, 3.63) is 17.3 Å². The first-order valence-corrected chi connectivity index (χ1v) is 4.96. The van der Waals surface area contributed by atoms with Crippen LogP contribution in [0.3, 0.4) is 0 Å². The lowest BCUT2D eigenvalue weighted by Gasteiger charge is -1.86. The highest BCUT2D eigenvalue weighted by atomic mass is 35.5. The second-order valence-electron chi connectivity index (χ2n) is 2.25. The van der Waals surface area contributed by atoms with Gasteiger partial charge in [-0.25, -0.2) is 9.97 Å². The fourth-order valence-electron chi connectivity index (χ4n) is 0.944. The van der Waals surface area contributed by atoms with E-state index in [4.69, 9.17) is 11.6 Å². The molecule has 0 aliphatic carbocycles. The van der Waals surface area contributed by atoms with Crippen molar-refractivity contribution in [1.29, 1.82) is 0 Å². The number of imidazole rings is 1. The van der Waals surface area contributed by atoms with Crippen LogP contribution < -0.4 is 0 Å². The highest BCUT2D eigenvalue weighted by Crippen LogP contribution is 2.17. The van der Waals surface area contributed by atoms with E-state index in [-0.39, 0.29) is 0 Å². The molecule has 0 aliphatic rings. The van der Waals surface area contributed by atoms with Crippen molar-refractivity contribution in [1.82, 2.24) is 15.0 Å². The molecule has 3 nitrogen and oxygen atoms in total. The van der Waals surface area contributed by atoms with Crippen LogP contribution in [0.2, 0.25) is 5.15 Å². The van der Waals surface area contributed by atoms with Gasteiger partial charge in [-0.15, -0.1) is 0 Å². The smallest absolute Gasteiger partial charge is 0.180 e. The molecule has 0 atom stereocenters. The molecule has 0 saturated carbocycles. The highest BCUT2D eigenvalue weighted by molar-refractivity contribution is 7.98. The lowest BCUT2D eigenvalue weighted by atomic mass is 10.4. The first kappa shape index (κ1) is 7.89. The Morgan fingerprint density at radius 2 is 2.25 bits per heavy atom. The Labute approximate surface area is 78.6 Å². The Morgan fingerprint density at radius 1 is 1.42 bits per heavy atom. The monoisotopic (exact) mass is 199 g/mol. The number of rotatable bonds is 1. The average Bonchev–Trinajstić information content (AvgIpc) is 2.46. The third kappa shape index (κ3) is 1.28. The van der Waals surface area contributed by atoms with E-state index in [2.05, 4.69) is 15.0 Å². The highest BCUT2D eigenvalue weighted by Gasteiger charge is 2.02. The minimum atomic E-state index is 0.474. The van der Waals surface area contributed by atoms with Crippen molar-refractivity contribution >= 4 is 34.5 Å². The van der Waals surface area contributed by atoms with Gasteiger partial charge in [0.1, 0.15) is 5.15 Å². The number of nitrogens with one attached hydrogen (secondary N) is 1. The zero-order chi connectivity index (χ0) is 8.55. The molecule has 0 fully saturated rings. The minimum Gasteiger partial charge on any atom is -0.332 e. The zero-order valence-corrected chi connectivity index (χ0v) is 7.91. The summed E-state index contributed by atoms with van der Waals surface area (Å²) in [6.07, 6.45) is 1.96. The average molecular weight is 200 g/mol. The molecule has 2 rings (SSSR count). The van der Waals surface area contributed by atoms with Crippen LogP contribution in [0, 0.1) is 0 Å². The predicted octanol–water partition coefficient (Wildman–Crippen LogP) is 2.33. The molecule has 0 amide bonds. The van der Waals surface area contributed by atoms with Gasteiger partial charge in [0, 0.05) is 0 Å². The van der Waals surface area contributed by atoms with E-state index in [0.29, 0.717) is 10.8 Å². The summed E-state index contributed by atoms with van der Waals surface area (Å²) < 4.78 is 0. The molecule has 0 saturated heterocycles. The fraction of sp³-hybridized carbons (Fsp3) is 0.143. The molecule has 0 bridgehead atoms. The Bertz CT molecular complexity index is 412. The molecule has 62 valence electrons. The van der Waals surface area contributed by atoms with E-state index in [1.54, 1.807) is 17.8 Å². The number of H-pyrrole nitrogens is 1. The van der Waals surface area contributed by atoms with Gasteiger partial charge in [-0.3, -0.25) is 0 Å². The van der Waals surface area contributed by atoms with Gasteiger partial charge in [-0.2, -0.15) is 0 Å². The number of hydrogen-bond donors (Lipinski definition) is 1. The quantitative estimate of drug-likeness (QED) is 0.566. The number of fused-ring (bicyclic) bond motifs is 1. The summed E-state index contributed by atoms with van der Waals surface area (Å²) in [6.45, 7) is 0. The summed E-state index contributed by atoms with van der Waals surface area (Å²) >= 11 is 7.25. The number of thioether (sulfide) groups is 1. The van der Waals surface area contributed by atoms with Crippen LogP contribution >= 0.6 is 23.4 Å². The molecule has 0 aromatic carbocycles. The summed E-state index contributed by atoms with van der Waals surface area (Å²) in [4.78, 5) is 11.4. The molecular formula is C7H6ClN3S. The minimum absolute atomic E-state index is 0.474. The van der Waals surface area contributed by atoms with E-state index in [0.717, 1.165) is 10.7 Å². The Morgan fingerprint density at radius 3 is 3.00 bits per heavy atom. The molecule has 12 heavy (non-hydrogen) atoms. The second-order valence-corrected chi connectivity index (χ2v) is 3.43. The standard InChI is InChI=1S/C7H6ClN3S/c1-12-7-9-4-2-3-5(8)10-6(4)11-7/h2-3H,1H3,(H,9,10,11). The van der Waals surface area contributed by atoms with Crippen molar-refractivity contribution in [2.45, 2.75) is 5.16 Å². The molecule has 5 heteroatoms. The van der Waals surface area contributed by atoms with Gasteiger partial charge in [0.25, 0.3) is 0 Å². The summed E-state index contributed by atoms with van der Waals surface area (Å²) in [6, 6.07) is 3.61. The van der Waals surface area contributed by atoms with Gasteiger partial charge in [0.2, 0.25) is 0 Å². The fourth-order valence-corrected chi connectivity index (χ4v) is 1.48.